The summed E-state index contributed by atoms with van der Waals surface area (Å²) >= 11 is 1.43. The molecule has 0 aliphatic rings. The summed E-state index contributed by atoms with van der Waals surface area (Å²) in [4.78, 5) is 34.5. The van der Waals surface area contributed by atoms with Crippen molar-refractivity contribution in [2.24, 2.45) is 0 Å². The maximum absolute atomic E-state index is 11.1. The molecule has 0 amide bonds. The number of carbonyl (C=O) groups is 1. The lowest BCUT2D eigenvalue weighted by Gasteiger charge is -2.14. The SMILES string of the molecule is CSCCC(Nc1ncc([N+](=O)[O-])cc1[N+](=O)[O-])C(=O)O. The number of hydrogen-bond donors (Lipinski definition) is 2. The number of nitro groups is 2. The summed E-state index contributed by atoms with van der Waals surface area (Å²) in [6.45, 7) is 0. The second-order valence-corrected chi connectivity index (χ2v) is 4.88. The number of carboxylic acid groups (broad SMARTS) is 1. The Morgan fingerprint density at radius 3 is 2.62 bits per heavy atom. The first kappa shape index (κ1) is 16.6. The van der Waals surface area contributed by atoms with Gasteiger partial charge in [-0.1, -0.05) is 0 Å². The van der Waals surface area contributed by atoms with E-state index in [1.54, 1.807) is 6.26 Å². The Bertz CT molecular complexity index is 566. The number of rotatable bonds is 8. The summed E-state index contributed by atoms with van der Waals surface area (Å²) in [5, 5.41) is 33.0. The molecule has 0 aliphatic carbocycles. The Morgan fingerprint density at radius 2 is 2.14 bits per heavy atom. The Hall–Kier alpha value is -2.43. The third-order valence-corrected chi connectivity index (χ3v) is 3.12. The van der Waals surface area contributed by atoms with E-state index in [0.717, 1.165) is 12.3 Å². The van der Waals surface area contributed by atoms with Crippen LogP contribution in [0.3, 0.4) is 0 Å². The number of nitrogens with zero attached hydrogens (tertiary/aromatic N) is 3. The molecule has 1 rings (SSSR count). The maximum atomic E-state index is 11.1. The van der Waals surface area contributed by atoms with E-state index in [-0.39, 0.29) is 12.2 Å². The van der Waals surface area contributed by atoms with Gasteiger partial charge >= 0.3 is 11.7 Å². The largest absolute Gasteiger partial charge is 0.480 e. The fourth-order valence-electron chi connectivity index (χ4n) is 1.45. The highest BCUT2D eigenvalue weighted by molar-refractivity contribution is 7.98. The number of aromatic nitrogens is 1. The van der Waals surface area contributed by atoms with Crippen LogP contribution in [0.5, 0.6) is 0 Å². The summed E-state index contributed by atoms with van der Waals surface area (Å²) in [5.41, 5.74) is -1.18. The first-order valence-electron chi connectivity index (χ1n) is 5.64. The molecule has 2 N–H and O–H groups in total. The molecule has 0 radical (unpaired) electrons. The molecule has 0 saturated carbocycles. The highest BCUT2D eigenvalue weighted by Crippen LogP contribution is 2.27. The predicted molar refractivity (Wildman–Crippen MR) is 75.6 cm³/mol. The zero-order chi connectivity index (χ0) is 16.0. The van der Waals surface area contributed by atoms with Crippen LogP contribution in [0.2, 0.25) is 0 Å². The zero-order valence-electron chi connectivity index (χ0n) is 10.9. The van der Waals surface area contributed by atoms with Crippen molar-refractivity contribution in [1.29, 1.82) is 0 Å². The van der Waals surface area contributed by atoms with E-state index in [1.165, 1.54) is 11.8 Å². The monoisotopic (exact) mass is 316 g/mol. The van der Waals surface area contributed by atoms with Gasteiger partial charge in [0.05, 0.1) is 15.9 Å². The molecule has 0 saturated heterocycles. The van der Waals surface area contributed by atoms with Crippen LogP contribution in [0.25, 0.3) is 0 Å². The molecule has 1 unspecified atom stereocenters. The van der Waals surface area contributed by atoms with Crippen molar-refractivity contribution >= 4 is 34.9 Å². The minimum Gasteiger partial charge on any atom is -0.480 e. The molecule has 1 atom stereocenters. The van der Waals surface area contributed by atoms with Gasteiger partial charge in [-0.05, 0) is 18.4 Å². The third kappa shape index (κ3) is 4.56. The van der Waals surface area contributed by atoms with Crippen molar-refractivity contribution in [3.05, 3.63) is 32.5 Å². The molecule has 1 heterocycles. The lowest BCUT2D eigenvalue weighted by atomic mass is 10.2. The number of aliphatic carboxylic acids is 1. The van der Waals surface area contributed by atoms with E-state index >= 15 is 0 Å². The molecule has 1 aromatic rings. The highest BCUT2D eigenvalue weighted by atomic mass is 32.2. The standard InChI is InChI=1S/C10H12N4O6S/c1-21-3-2-7(10(15)16)12-9-8(14(19)20)4-6(5-11-9)13(17)18/h4-5,7H,2-3H2,1H3,(H,11,12)(H,15,16). The van der Waals surface area contributed by atoms with E-state index in [0.29, 0.717) is 5.75 Å². The number of carboxylic acids is 1. The molecule has 21 heavy (non-hydrogen) atoms. The average molecular weight is 316 g/mol. The van der Waals surface area contributed by atoms with E-state index in [9.17, 15) is 25.0 Å². The molecule has 11 heteroatoms. The van der Waals surface area contributed by atoms with Crippen LogP contribution in [0.15, 0.2) is 12.3 Å². The van der Waals surface area contributed by atoms with Gasteiger partial charge < -0.3 is 10.4 Å². The maximum Gasteiger partial charge on any atom is 0.326 e. The van der Waals surface area contributed by atoms with Gasteiger partial charge in [-0.2, -0.15) is 11.8 Å². The van der Waals surface area contributed by atoms with Crippen molar-refractivity contribution in [3.63, 3.8) is 0 Å². The normalized spacial score (nSPS) is 11.7. The molecule has 0 aliphatic heterocycles. The molecule has 0 spiro atoms. The second kappa shape index (κ2) is 7.38. The minimum absolute atomic E-state index is 0.228. The van der Waals surface area contributed by atoms with Crippen molar-refractivity contribution < 1.29 is 19.7 Å². The summed E-state index contributed by atoms with van der Waals surface area (Å²) in [5.74, 6) is -0.956. The summed E-state index contributed by atoms with van der Waals surface area (Å²) in [6, 6.07) is -0.326. The second-order valence-electron chi connectivity index (χ2n) is 3.89. The molecule has 0 fully saturated rings. The number of hydrogen-bond acceptors (Lipinski definition) is 8. The van der Waals surface area contributed by atoms with Crippen molar-refractivity contribution in [2.75, 3.05) is 17.3 Å². The molecule has 1 aromatic heterocycles. The van der Waals surface area contributed by atoms with E-state index in [4.69, 9.17) is 5.11 Å². The smallest absolute Gasteiger partial charge is 0.326 e. The zero-order valence-corrected chi connectivity index (χ0v) is 11.7. The van der Waals surface area contributed by atoms with Crippen LogP contribution in [-0.4, -0.2) is 44.0 Å². The molecule has 0 aromatic carbocycles. The van der Waals surface area contributed by atoms with Gasteiger partial charge in [0.1, 0.15) is 12.2 Å². The summed E-state index contributed by atoms with van der Waals surface area (Å²) in [6.07, 6.45) is 2.86. The summed E-state index contributed by atoms with van der Waals surface area (Å²) in [7, 11) is 0. The first-order chi connectivity index (χ1) is 9.86. The van der Waals surface area contributed by atoms with Gasteiger partial charge in [0.15, 0.2) is 0 Å². The van der Waals surface area contributed by atoms with E-state index in [2.05, 4.69) is 10.3 Å². The quantitative estimate of drug-likeness (QED) is 0.537. The topological polar surface area (TPSA) is 148 Å². The Morgan fingerprint density at radius 1 is 1.48 bits per heavy atom. The van der Waals surface area contributed by atoms with Crippen molar-refractivity contribution in [1.82, 2.24) is 4.98 Å². The Balaban J connectivity index is 3.07. The molecular weight excluding hydrogens is 304 g/mol. The molecular formula is C10H12N4O6S. The van der Waals surface area contributed by atoms with Crippen LogP contribution in [0.1, 0.15) is 6.42 Å². The van der Waals surface area contributed by atoms with Gasteiger partial charge in [-0.15, -0.1) is 0 Å². The first-order valence-corrected chi connectivity index (χ1v) is 7.03. The number of anilines is 1. The number of thioether (sulfide) groups is 1. The van der Waals surface area contributed by atoms with Crippen LogP contribution >= 0.6 is 11.8 Å². The third-order valence-electron chi connectivity index (χ3n) is 2.48. The fourth-order valence-corrected chi connectivity index (χ4v) is 1.92. The molecule has 0 bridgehead atoms. The Labute approximate surface area is 122 Å². The lowest BCUT2D eigenvalue weighted by molar-refractivity contribution is -0.394. The fraction of sp³-hybridized carbons (Fsp3) is 0.400. The van der Waals surface area contributed by atoms with Gasteiger partial charge in [0, 0.05) is 0 Å². The molecule has 114 valence electrons. The van der Waals surface area contributed by atoms with Crippen LogP contribution in [0.4, 0.5) is 17.2 Å². The predicted octanol–water partition coefficient (Wildman–Crippen LogP) is 1.52. The van der Waals surface area contributed by atoms with E-state index < -0.39 is 33.2 Å². The Kier molecular flexibility index (Phi) is 5.84. The van der Waals surface area contributed by atoms with Gasteiger partial charge in [-0.3, -0.25) is 20.2 Å². The number of pyridine rings is 1. The lowest BCUT2D eigenvalue weighted by Crippen LogP contribution is -2.30. The van der Waals surface area contributed by atoms with Crippen LogP contribution < -0.4 is 5.32 Å². The minimum atomic E-state index is -1.18. The van der Waals surface area contributed by atoms with E-state index in [1.807, 2.05) is 0 Å². The number of nitrogens with one attached hydrogen (secondary N) is 1. The van der Waals surface area contributed by atoms with Gasteiger partial charge in [-0.25, -0.2) is 9.78 Å². The van der Waals surface area contributed by atoms with Crippen molar-refractivity contribution in [2.45, 2.75) is 12.5 Å². The van der Waals surface area contributed by atoms with Crippen LogP contribution in [0, 0.1) is 20.2 Å². The highest BCUT2D eigenvalue weighted by Gasteiger charge is 2.25. The van der Waals surface area contributed by atoms with Gasteiger partial charge in [0.2, 0.25) is 5.82 Å². The molecule has 10 nitrogen and oxygen atoms in total. The van der Waals surface area contributed by atoms with Gasteiger partial charge in [0.25, 0.3) is 5.69 Å². The van der Waals surface area contributed by atoms with Crippen LogP contribution in [-0.2, 0) is 4.79 Å². The average Bonchev–Trinajstić information content (AvgIpc) is 2.42. The summed E-state index contributed by atoms with van der Waals surface area (Å²) < 4.78 is 0. The van der Waals surface area contributed by atoms with Crippen molar-refractivity contribution in [3.8, 4) is 0 Å².